The van der Waals surface area contributed by atoms with Gasteiger partial charge >= 0.3 is 0 Å². The molecule has 20 heavy (non-hydrogen) atoms. The first-order chi connectivity index (χ1) is 9.90. The van der Waals surface area contributed by atoms with Crippen LogP contribution in [0.1, 0.15) is 11.1 Å². The van der Waals surface area contributed by atoms with Crippen molar-refractivity contribution in [3.05, 3.63) is 77.9 Å². The van der Waals surface area contributed by atoms with Gasteiger partial charge in [0.05, 0.1) is 0 Å². The zero-order valence-electron chi connectivity index (χ0n) is 11.3. The maximum Gasteiger partial charge on any atom is 0.123 e. The summed E-state index contributed by atoms with van der Waals surface area (Å²) in [5.41, 5.74) is 2.71. The minimum Gasteiger partial charge on any atom is -0.489 e. The molecule has 3 aromatic rings. The Balaban J connectivity index is 1.65. The van der Waals surface area contributed by atoms with Gasteiger partial charge in [0.2, 0.25) is 0 Å². The van der Waals surface area contributed by atoms with Crippen molar-refractivity contribution in [3.8, 4) is 5.75 Å². The molecule has 1 heteroatoms. The van der Waals surface area contributed by atoms with Crippen molar-refractivity contribution in [3.63, 3.8) is 0 Å². The average Bonchev–Trinajstić information content (AvgIpc) is 2.91. The predicted octanol–water partition coefficient (Wildman–Crippen LogP) is 4.39. The molecule has 0 amide bonds. The Hall–Kier alpha value is -2.28. The average molecular weight is 260 g/mol. The molecule has 0 aromatic heterocycles. The Morgan fingerprint density at radius 1 is 0.850 bits per heavy atom. The Bertz CT molecular complexity index is 746. The molecule has 3 aromatic carbocycles. The van der Waals surface area contributed by atoms with E-state index in [1.54, 1.807) is 0 Å². The summed E-state index contributed by atoms with van der Waals surface area (Å²) in [6.07, 6.45) is 2.24. The van der Waals surface area contributed by atoms with Crippen LogP contribution in [0.4, 0.5) is 0 Å². The molecule has 1 atom stereocenters. The Kier molecular flexibility index (Phi) is 2.70. The van der Waals surface area contributed by atoms with Crippen LogP contribution in [-0.4, -0.2) is 6.10 Å². The monoisotopic (exact) mass is 260 g/mol. The molecule has 0 fully saturated rings. The highest BCUT2D eigenvalue weighted by Gasteiger charge is 2.24. The largest absolute Gasteiger partial charge is 0.489 e. The second kappa shape index (κ2) is 4.68. The standard InChI is InChI=1S/C19H16O/c1-2-6-14(7-3-1)12-16-13-18-17-9-5-4-8-15(17)10-11-19(18)20-16/h1-11,16H,12-13H2. The third-order valence-electron chi connectivity index (χ3n) is 4.03. The summed E-state index contributed by atoms with van der Waals surface area (Å²) < 4.78 is 6.12. The molecule has 1 nitrogen and oxygen atoms in total. The number of fused-ring (bicyclic) bond motifs is 3. The first kappa shape index (κ1) is 11.5. The van der Waals surface area contributed by atoms with Crippen LogP contribution >= 0.6 is 0 Å². The van der Waals surface area contributed by atoms with Gasteiger partial charge in [-0.2, -0.15) is 0 Å². The van der Waals surface area contributed by atoms with E-state index in [1.165, 1.54) is 21.9 Å². The van der Waals surface area contributed by atoms with E-state index in [1.807, 2.05) is 0 Å². The van der Waals surface area contributed by atoms with Crippen LogP contribution in [0.25, 0.3) is 10.8 Å². The number of rotatable bonds is 2. The van der Waals surface area contributed by atoms with Gasteiger partial charge in [-0.3, -0.25) is 0 Å². The second-order valence-corrected chi connectivity index (χ2v) is 5.40. The maximum atomic E-state index is 6.12. The molecule has 0 saturated heterocycles. The molecule has 0 spiro atoms. The van der Waals surface area contributed by atoms with E-state index in [2.05, 4.69) is 66.7 Å². The smallest absolute Gasteiger partial charge is 0.123 e. The number of ether oxygens (including phenoxy) is 1. The first-order valence-corrected chi connectivity index (χ1v) is 7.11. The van der Waals surface area contributed by atoms with Gasteiger partial charge in [-0.05, 0) is 22.4 Å². The van der Waals surface area contributed by atoms with E-state index in [4.69, 9.17) is 4.74 Å². The minimum atomic E-state index is 0.262. The summed E-state index contributed by atoms with van der Waals surface area (Å²) in [6, 6.07) is 23.4. The lowest BCUT2D eigenvalue weighted by Crippen LogP contribution is -2.16. The van der Waals surface area contributed by atoms with Crippen LogP contribution in [0.5, 0.6) is 5.75 Å². The maximum absolute atomic E-state index is 6.12. The normalized spacial score (nSPS) is 16.9. The highest BCUT2D eigenvalue weighted by Crippen LogP contribution is 2.35. The fraction of sp³-hybridized carbons (Fsp3) is 0.158. The lowest BCUT2D eigenvalue weighted by molar-refractivity contribution is 0.233. The van der Waals surface area contributed by atoms with Crippen LogP contribution in [-0.2, 0) is 12.8 Å². The van der Waals surface area contributed by atoms with Crippen molar-refractivity contribution in [2.24, 2.45) is 0 Å². The SMILES string of the molecule is c1ccc(CC2Cc3c(ccc4ccccc34)O2)cc1. The molecule has 0 aliphatic carbocycles. The number of benzene rings is 3. The molecular weight excluding hydrogens is 244 g/mol. The Labute approximate surface area is 118 Å². The Morgan fingerprint density at radius 3 is 2.55 bits per heavy atom. The van der Waals surface area contributed by atoms with Crippen LogP contribution in [0.2, 0.25) is 0 Å². The second-order valence-electron chi connectivity index (χ2n) is 5.40. The predicted molar refractivity (Wildman–Crippen MR) is 82.2 cm³/mol. The van der Waals surface area contributed by atoms with Crippen LogP contribution in [0.15, 0.2) is 66.7 Å². The topological polar surface area (TPSA) is 9.23 Å². The fourth-order valence-electron chi connectivity index (χ4n) is 3.08. The first-order valence-electron chi connectivity index (χ1n) is 7.11. The van der Waals surface area contributed by atoms with Crippen molar-refractivity contribution >= 4 is 10.8 Å². The zero-order chi connectivity index (χ0) is 13.4. The molecule has 0 bridgehead atoms. The Morgan fingerprint density at radius 2 is 1.65 bits per heavy atom. The summed E-state index contributed by atoms with van der Waals surface area (Å²) in [5, 5.41) is 2.63. The van der Waals surface area contributed by atoms with Crippen LogP contribution in [0, 0.1) is 0 Å². The zero-order valence-corrected chi connectivity index (χ0v) is 11.3. The van der Waals surface area contributed by atoms with Gasteiger partial charge in [0.15, 0.2) is 0 Å². The highest BCUT2D eigenvalue weighted by atomic mass is 16.5. The number of hydrogen-bond donors (Lipinski definition) is 0. The lowest BCUT2D eigenvalue weighted by Gasteiger charge is -2.10. The van der Waals surface area contributed by atoms with Gasteiger partial charge in [-0.1, -0.05) is 60.7 Å². The third kappa shape index (κ3) is 1.96. The molecule has 0 radical (unpaired) electrons. The number of hydrogen-bond acceptors (Lipinski definition) is 1. The highest BCUT2D eigenvalue weighted by molar-refractivity contribution is 5.88. The molecule has 1 unspecified atom stereocenters. The van der Waals surface area contributed by atoms with Gasteiger partial charge in [-0.15, -0.1) is 0 Å². The van der Waals surface area contributed by atoms with Gasteiger partial charge in [0, 0.05) is 18.4 Å². The van der Waals surface area contributed by atoms with E-state index in [-0.39, 0.29) is 6.10 Å². The van der Waals surface area contributed by atoms with Crippen molar-refractivity contribution in [1.29, 1.82) is 0 Å². The summed E-state index contributed by atoms with van der Waals surface area (Å²) in [6.45, 7) is 0. The fourth-order valence-corrected chi connectivity index (χ4v) is 3.08. The molecule has 4 rings (SSSR count). The molecule has 0 saturated carbocycles. The van der Waals surface area contributed by atoms with E-state index in [0.29, 0.717) is 0 Å². The van der Waals surface area contributed by atoms with Crippen molar-refractivity contribution in [2.45, 2.75) is 18.9 Å². The summed E-state index contributed by atoms with van der Waals surface area (Å²) in [4.78, 5) is 0. The van der Waals surface area contributed by atoms with Gasteiger partial charge in [0.25, 0.3) is 0 Å². The van der Waals surface area contributed by atoms with Crippen molar-refractivity contribution in [2.75, 3.05) is 0 Å². The summed E-state index contributed by atoms with van der Waals surface area (Å²) in [7, 11) is 0. The third-order valence-corrected chi connectivity index (χ3v) is 4.03. The quantitative estimate of drug-likeness (QED) is 0.664. The van der Waals surface area contributed by atoms with Gasteiger partial charge in [0.1, 0.15) is 11.9 Å². The van der Waals surface area contributed by atoms with Crippen molar-refractivity contribution < 1.29 is 4.74 Å². The van der Waals surface area contributed by atoms with E-state index in [0.717, 1.165) is 18.6 Å². The summed E-state index contributed by atoms with van der Waals surface area (Å²) >= 11 is 0. The van der Waals surface area contributed by atoms with Gasteiger partial charge < -0.3 is 4.74 Å². The van der Waals surface area contributed by atoms with Crippen molar-refractivity contribution in [1.82, 2.24) is 0 Å². The van der Waals surface area contributed by atoms with Gasteiger partial charge in [-0.25, -0.2) is 0 Å². The molecule has 0 N–H and O–H groups in total. The molecule has 1 aliphatic rings. The van der Waals surface area contributed by atoms with Crippen LogP contribution < -0.4 is 4.74 Å². The molecular formula is C19H16O. The van der Waals surface area contributed by atoms with E-state index in [9.17, 15) is 0 Å². The minimum absolute atomic E-state index is 0.262. The molecule has 98 valence electrons. The molecule has 1 heterocycles. The lowest BCUT2D eigenvalue weighted by atomic mass is 9.99. The van der Waals surface area contributed by atoms with E-state index < -0.39 is 0 Å². The molecule has 1 aliphatic heterocycles. The van der Waals surface area contributed by atoms with Crippen LogP contribution in [0.3, 0.4) is 0 Å². The summed E-state index contributed by atoms with van der Waals surface area (Å²) in [5.74, 6) is 1.06. The van der Waals surface area contributed by atoms with E-state index >= 15 is 0 Å².